The van der Waals surface area contributed by atoms with E-state index < -0.39 is 0 Å². The van der Waals surface area contributed by atoms with Crippen molar-refractivity contribution in [3.8, 4) is 22.8 Å². The van der Waals surface area contributed by atoms with Gasteiger partial charge in [0.2, 0.25) is 0 Å². The summed E-state index contributed by atoms with van der Waals surface area (Å²) in [6, 6.07) is 15.0. The number of ether oxygens (including phenoxy) is 1. The molecule has 0 atom stereocenters. The van der Waals surface area contributed by atoms with Crippen molar-refractivity contribution in [2.75, 3.05) is 7.11 Å². The van der Waals surface area contributed by atoms with Crippen molar-refractivity contribution in [3.63, 3.8) is 0 Å². The van der Waals surface area contributed by atoms with Crippen molar-refractivity contribution in [1.82, 2.24) is 5.16 Å². The average molecular weight is 293 g/mol. The Hall–Kier alpha value is -3.01. The number of phenolic OH excluding ortho intramolecular Hbond substituents is 1. The maximum Gasteiger partial charge on any atom is 0.126 e. The van der Waals surface area contributed by atoms with Gasteiger partial charge in [0, 0.05) is 23.3 Å². The fraction of sp³-hybridized carbons (Fsp3) is 0.0556. The molecule has 0 radical (unpaired) electrons. The van der Waals surface area contributed by atoms with Gasteiger partial charge in [-0.2, -0.15) is 0 Å². The summed E-state index contributed by atoms with van der Waals surface area (Å²) >= 11 is 0. The summed E-state index contributed by atoms with van der Waals surface area (Å²) in [5.41, 5.74) is 3.51. The van der Waals surface area contributed by atoms with Crippen LogP contribution in [0.25, 0.3) is 23.4 Å². The van der Waals surface area contributed by atoms with Crippen LogP contribution in [0.4, 0.5) is 0 Å². The van der Waals surface area contributed by atoms with Crippen molar-refractivity contribution in [2.24, 2.45) is 0 Å². The van der Waals surface area contributed by atoms with E-state index in [0.29, 0.717) is 5.75 Å². The topological polar surface area (TPSA) is 55.5 Å². The lowest BCUT2D eigenvalue weighted by Crippen LogP contribution is -1.83. The maximum absolute atomic E-state index is 9.95. The summed E-state index contributed by atoms with van der Waals surface area (Å²) < 4.78 is 9.93. The standard InChI is InChI=1S/C18H15NO3/c1-21-16-8-7-14(18(20)12-16)6-5-13-3-2-4-15(11-13)17-9-10-22-19-17/h2-12,20H,1H3/b6-5+. The van der Waals surface area contributed by atoms with Gasteiger partial charge in [0.05, 0.1) is 7.11 Å². The van der Waals surface area contributed by atoms with Crippen LogP contribution in [-0.2, 0) is 0 Å². The van der Waals surface area contributed by atoms with Gasteiger partial charge in [0.15, 0.2) is 0 Å². The van der Waals surface area contributed by atoms with Crippen LogP contribution in [0.5, 0.6) is 11.5 Å². The number of aromatic hydroxyl groups is 1. The molecule has 0 spiro atoms. The van der Waals surface area contributed by atoms with Crippen LogP contribution < -0.4 is 4.74 Å². The summed E-state index contributed by atoms with van der Waals surface area (Å²) in [4.78, 5) is 0. The highest BCUT2D eigenvalue weighted by Crippen LogP contribution is 2.25. The highest BCUT2D eigenvalue weighted by atomic mass is 16.5. The number of nitrogens with zero attached hydrogens (tertiary/aromatic N) is 1. The molecule has 0 saturated carbocycles. The molecule has 0 aliphatic rings. The predicted molar refractivity (Wildman–Crippen MR) is 85.5 cm³/mol. The number of hydrogen-bond donors (Lipinski definition) is 1. The summed E-state index contributed by atoms with van der Waals surface area (Å²) in [6.07, 6.45) is 5.34. The lowest BCUT2D eigenvalue weighted by Gasteiger charge is -2.03. The molecule has 3 rings (SSSR count). The van der Waals surface area contributed by atoms with Gasteiger partial charge in [0.1, 0.15) is 23.5 Å². The molecule has 1 N–H and O–H groups in total. The fourth-order valence-electron chi connectivity index (χ4n) is 2.14. The molecule has 110 valence electrons. The molecule has 3 aromatic rings. The molecule has 0 aliphatic carbocycles. The SMILES string of the molecule is COc1ccc(/C=C/c2cccc(-c3ccon3)c2)c(O)c1. The zero-order chi connectivity index (χ0) is 15.4. The first kappa shape index (κ1) is 13.9. The van der Waals surface area contributed by atoms with Crippen LogP contribution in [0, 0.1) is 0 Å². The molecule has 22 heavy (non-hydrogen) atoms. The first-order valence-corrected chi connectivity index (χ1v) is 6.82. The summed E-state index contributed by atoms with van der Waals surface area (Å²) in [5.74, 6) is 0.811. The number of phenols is 1. The Balaban J connectivity index is 1.85. The molecule has 4 nitrogen and oxygen atoms in total. The van der Waals surface area contributed by atoms with Gasteiger partial charge in [-0.05, 0) is 23.8 Å². The van der Waals surface area contributed by atoms with Gasteiger partial charge in [-0.15, -0.1) is 0 Å². The van der Waals surface area contributed by atoms with E-state index in [1.807, 2.05) is 54.6 Å². The Morgan fingerprint density at radius 3 is 2.73 bits per heavy atom. The van der Waals surface area contributed by atoms with E-state index in [9.17, 15) is 5.11 Å². The van der Waals surface area contributed by atoms with Crippen LogP contribution >= 0.6 is 0 Å². The average Bonchev–Trinajstić information content (AvgIpc) is 3.08. The van der Waals surface area contributed by atoms with E-state index in [2.05, 4.69) is 5.16 Å². The second-order valence-electron chi connectivity index (χ2n) is 4.77. The van der Waals surface area contributed by atoms with Crippen molar-refractivity contribution in [2.45, 2.75) is 0 Å². The van der Waals surface area contributed by atoms with Gasteiger partial charge in [-0.1, -0.05) is 35.5 Å². The summed E-state index contributed by atoms with van der Waals surface area (Å²) in [7, 11) is 1.57. The van der Waals surface area contributed by atoms with Crippen molar-refractivity contribution in [1.29, 1.82) is 0 Å². The quantitative estimate of drug-likeness (QED) is 0.731. The molecule has 1 heterocycles. The Bertz CT molecular complexity index is 792. The molecule has 0 aliphatic heterocycles. The largest absolute Gasteiger partial charge is 0.507 e. The molecule has 2 aromatic carbocycles. The van der Waals surface area contributed by atoms with E-state index >= 15 is 0 Å². The van der Waals surface area contributed by atoms with Gasteiger partial charge in [-0.3, -0.25) is 0 Å². The van der Waals surface area contributed by atoms with Gasteiger partial charge in [0.25, 0.3) is 0 Å². The third-order valence-electron chi connectivity index (χ3n) is 3.31. The predicted octanol–water partition coefficient (Wildman–Crippen LogP) is 4.23. The van der Waals surface area contributed by atoms with Crippen LogP contribution in [0.1, 0.15) is 11.1 Å². The molecule has 4 heteroatoms. The lowest BCUT2D eigenvalue weighted by atomic mass is 10.1. The van der Waals surface area contributed by atoms with Crippen molar-refractivity contribution >= 4 is 12.2 Å². The minimum atomic E-state index is 0.184. The zero-order valence-corrected chi connectivity index (χ0v) is 12.1. The van der Waals surface area contributed by atoms with Crippen LogP contribution in [-0.4, -0.2) is 17.4 Å². The highest BCUT2D eigenvalue weighted by molar-refractivity contribution is 5.75. The molecule has 0 amide bonds. The van der Waals surface area contributed by atoms with E-state index in [1.54, 1.807) is 19.4 Å². The van der Waals surface area contributed by atoms with Gasteiger partial charge < -0.3 is 14.4 Å². The molecule has 0 bridgehead atoms. The van der Waals surface area contributed by atoms with Crippen molar-refractivity contribution < 1.29 is 14.4 Å². The molecular weight excluding hydrogens is 278 g/mol. The smallest absolute Gasteiger partial charge is 0.126 e. The number of aromatic nitrogens is 1. The molecule has 0 unspecified atom stereocenters. The van der Waals surface area contributed by atoms with Crippen LogP contribution in [0.3, 0.4) is 0 Å². The van der Waals surface area contributed by atoms with Gasteiger partial charge >= 0.3 is 0 Å². The fourth-order valence-corrected chi connectivity index (χ4v) is 2.14. The Labute approximate surface area is 128 Å². The first-order valence-electron chi connectivity index (χ1n) is 6.82. The molecule has 0 fully saturated rings. The maximum atomic E-state index is 9.95. The number of hydrogen-bond acceptors (Lipinski definition) is 4. The Morgan fingerprint density at radius 2 is 2.00 bits per heavy atom. The first-order chi connectivity index (χ1) is 10.8. The third-order valence-corrected chi connectivity index (χ3v) is 3.31. The minimum Gasteiger partial charge on any atom is -0.507 e. The summed E-state index contributed by atoms with van der Waals surface area (Å²) in [5, 5.41) is 13.9. The van der Waals surface area contributed by atoms with Crippen LogP contribution in [0.15, 0.2) is 59.3 Å². The van der Waals surface area contributed by atoms with Crippen LogP contribution in [0.2, 0.25) is 0 Å². The molecule has 0 saturated heterocycles. The van der Waals surface area contributed by atoms with Gasteiger partial charge in [-0.25, -0.2) is 0 Å². The Morgan fingerprint density at radius 1 is 1.09 bits per heavy atom. The number of benzene rings is 2. The van der Waals surface area contributed by atoms with Crippen molar-refractivity contribution in [3.05, 3.63) is 65.9 Å². The van der Waals surface area contributed by atoms with E-state index in [-0.39, 0.29) is 5.75 Å². The zero-order valence-electron chi connectivity index (χ0n) is 12.1. The Kier molecular flexibility index (Phi) is 3.92. The second kappa shape index (κ2) is 6.18. The minimum absolute atomic E-state index is 0.184. The van der Waals surface area contributed by atoms with E-state index in [1.165, 1.54) is 0 Å². The molecule has 1 aromatic heterocycles. The number of rotatable bonds is 4. The van der Waals surface area contributed by atoms with E-state index in [0.717, 1.165) is 22.4 Å². The van der Waals surface area contributed by atoms with E-state index in [4.69, 9.17) is 9.26 Å². The summed E-state index contributed by atoms with van der Waals surface area (Å²) in [6.45, 7) is 0. The number of methoxy groups -OCH3 is 1. The normalized spacial score (nSPS) is 11.0. The monoisotopic (exact) mass is 293 g/mol. The lowest BCUT2D eigenvalue weighted by molar-refractivity contribution is 0.407. The second-order valence-corrected chi connectivity index (χ2v) is 4.77. The third kappa shape index (κ3) is 3.01. The molecular formula is C18H15NO3. The highest BCUT2D eigenvalue weighted by Gasteiger charge is 2.02.